The summed E-state index contributed by atoms with van der Waals surface area (Å²) in [5, 5.41) is 3.57. The van der Waals surface area contributed by atoms with Crippen molar-refractivity contribution in [3.63, 3.8) is 0 Å². The molecular formula is C14H12F2N2O3. The number of carbonyl (C=O) groups excluding carboxylic acids is 1. The minimum Gasteiger partial charge on any atom is -0.462 e. The van der Waals surface area contributed by atoms with Gasteiger partial charge in [-0.2, -0.15) is 13.8 Å². The lowest BCUT2D eigenvalue weighted by molar-refractivity contribution is -0.145. The van der Waals surface area contributed by atoms with Gasteiger partial charge in [0.15, 0.2) is 0 Å². The Bertz CT molecular complexity index is 643. The molecule has 1 saturated heterocycles. The first-order valence-electron chi connectivity index (χ1n) is 6.51. The van der Waals surface area contributed by atoms with E-state index in [-0.39, 0.29) is 18.7 Å². The molecule has 1 fully saturated rings. The fraction of sp³-hybridized carbons (Fsp3) is 0.357. The van der Waals surface area contributed by atoms with Crippen LogP contribution in [-0.4, -0.2) is 22.2 Å². The van der Waals surface area contributed by atoms with Gasteiger partial charge in [0.25, 0.3) is 5.89 Å². The summed E-state index contributed by atoms with van der Waals surface area (Å²) in [6.45, 7) is 0. The molecule has 1 aromatic heterocycles. The number of hydrogen-bond acceptors (Lipinski definition) is 5. The molecule has 0 saturated carbocycles. The monoisotopic (exact) mass is 294 g/mol. The number of hydrogen-bond donors (Lipinski definition) is 0. The summed E-state index contributed by atoms with van der Waals surface area (Å²) in [5.74, 6) is -4.43. The first kappa shape index (κ1) is 13.7. The van der Waals surface area contributed by atoms with Gasteiger partial charge in [-0.05, 0) is 6.42 Å². The largest absolute Gasteiger partial charge is 0.462 e. The second-order valence-electron chi connectivity index (χ2n) is 4.85. The van der Waals surface area contributed by atoms with Crippen LogP contribution >= 0.6 is 0 Å². The molecule has 0 N–H and O–H groups in total. The highest BCUT2D eigenvalue weighted by Crippen LogP contribution is 2.36. The minimum absolute atomic E-state index is 0.105. The van der Waals surface area contributed by atoms with Gasteiger partial charge in [0.05, 0.1) is 6.42 Å². The second kappa shape index (κ2) is 5.23. The van der Waals surface area contributed by atoms with Crippen molar-refractivity contribution in [1.29, 1.82) is 0 Å². The molecule has 110 valence electrons. The zero-order valence-electron chi connectivity index (χ0n) is 11.0. The summed E-state index contributed by atoms with van der Waals surface area (Å²) >= 11 is 0. The highest BCUT2D eigenvalue weighted by Gasteiger charge is 2.43. The van der Waals surface area contributed by atoms with Crippen molar-refractivity contribution in [3.05, 3.63) is 36.2 Å². The molecule has 5 nitrogen and oxygen atoms in total. The Morgan fingerprint density at radius 1 is 1.29 bits per heavy atom. The molecule has 2 aromatic rings. The zero-order valence-corrected chi connectivity index (χ0v) is 11.0. The summed E-state index contributed by atoms with van der Waals surface area (Å²) in [6.07, 6.45) is -0.997. The van der Waals surface area contributed by atoms with Gasteiger partial charge >= 0.3 is 11.9 Å². The van der Waals surface area contributed by atoms with Crippen LogP contribution < -0.4 is 0 Å². The van der Waals surface area contributed by atoms with Gasteiger partial charge < -0.3 is 9.26 Å². The molecule has 1 atom stereocenters. The van der Waals surface area contributed by atoms with Crippen molar-refractivity contribution in [1.82, 2.24) is 10.1 Å². The Balaban J connectivity index is 1.77. The maximum absolute atomic E-state index is 14.1. The van der Waals surface area contributed by atoms with E-state index in [1.807, 2.05) is 0 Å². The Labute approximate surface area is 118 Å². The Hall–Kier alpha value is -2.31. The van der Waals surface area contributed by atoms with Gasteiger partial charge in [0.2, 0.25) is 5.82 Å². The summed E-state index contributed by atoms with van der Waals surface area (Å²) < 4.78 is 37.6. The van der Waals surface area contributed by atoms with Crippen LogP contribution in [0, 0.1) is 0 Å². The normalized spacial score (nSPS) is 18.8. The molecule has 1 aliphatic rings. The number of rotatable bonds is 4. The Morgan fingerprint density at radius 2 is 2.05 bits per heavy atom. The predicted molar refractivity (Wildman–Crippen MR) is 67.4 cm³/mol. The maximum Gasteiger partial charge on any atom is 0.328 e. The van der Waals surface area contributed by atoms with Crippen molar-refractivity contribution >= 4 is 5.97 Å². The van der Waals surface area contributed by atoms with E-state index in [1.54, 1.807) is 30.3 Å². The molecule has 0 spiro atoms. The number of aromatic nitrogens is 2. The lowest BCUT2D eigenvalue weighted by Gasteiger charge is -2.15. The molecular weight excluding hydrogens is 282 g/mol. The van der Waals surface area contributed by atoms with E-state index in [0.717, 1.165) is 0 Å². The second-order valence-corrected chi connectivity index (χ2v) is 4.85. The number of halogens is 2. The van der Waals surface area contributed by atoms with E-state index in [1.165, 1.54) is 0 Å². The fourth-order valence-corrected chi connectivity index (χ4v) is 2.18. The molecule has 0 aliphatic carbocycles. The standard InChI is InChI=1S/C14H12F2N2O3/c15-14(16,8-10-6-7-11(19)20-10)13-17-12(18-21-13)9-4-2-1-3-5-9/h1-5,10H,6-8H2. The first-order valence-corrected chi connectivity index (χ1v) is 6.51. The third kappa shape index (κ3) is 2.91. The summed E-state index contributed by atoms with van der Waals surface area (Å²) in [7, 11) is 0. The number of ether oxygens (including phenoxy) is 1. The minimum atomic E-state index is -3.32. The van der Waals surface area contributed by atoms with Crippen molar-refractivity contribution in [2.45, 2.75) is 31.3 Å². The highest BCUT2D eigenvalue weighted by molar-refractivity contribution is 5.71. The molecule has 2 heterocycles. The predicted octanol–water partition coefficient (Wildman–Crippen LogP) is 2.92. The van der Waals surface area contributed by atoms with Gasteiger partial charge in [0, 0.05) is 12.0 Å². The molecule has 7 heteroatoms. The van der Waals surface area contributed by atoms with E-state index in [4.69, 9.17) is 4.74 Å². The molecule has 1 aromatic carbocycles. The van der Waals surface area contributed by atoms with E-state index in [0.29, 0.717) is 5.56 Å². The average Bonchev–Trinajstić information content (AvgIpc) is 3.09. The third-order valence-electron chi connectivity index (χ3n) is 3.22. The van der Waals surface area contributed by atoms with Crippen LogP contribution in [0.15, 0.2) is 34.9 Å². The summed E-state index contributed by atoms with van der Waals surface area (Å²) in [4.78, 5) is 14.7. The van der Waals surface area contributed by atoms with E-state index >= 15 is 0 Å². The Kier molecular flexibility index (Phi) is 3.40. The van der Waals surface area contributed by atoms with Gasteiger partial charge in [-0.1, -0.05) is 35.5 Å². The van der Waals surface area contributed by atoms with Gasteiger partial charge in [-0.15, -0.1) is 0 Å². The van der Waals surface area contributed by atoms with E-state index in [9.17, 15) is 13.6 Å². The first-order chi connectivity index (χ1) is 10.0. The van der Waals surface area contributed by atoms with Crippen LogP contribution in [0.5, 0.6) is 0 Å². The number of esters is 1. The summed E-state index contributed by atoms with van der Waals surface area (Å²) in [5.41, 5.74) is 0.593. The molecule has 21 heavy (non-hydrogen) atoms. The van der Waals surface area contributed by atoms with Crippen molar-refractivity contribution in [2.24, 2.45) is 0 Å². The van der Waals surface area contributed by atoms with Crippen LogP contribution in [0.4, 0.5) is 8.78 Å². The molecule has 1 aliphatic heterocycles. The average molecular weight is 294 g/mol. The van der Waals surface area contributed by atoms with Crippen LogP contribution in [0.2, 0.25) is 0 Å². The number of cyclic esters (lactones) is 1. The number of nitrogens with zero attached hydrogens (tertiary/aromatic N) is 2. The van der Waals surface area contributed by atoms with Gasteiger partial charge in [0.1, 0.15) is 6.10 Å². The highest BCUT2D eigenvalue weighted by atomic mass is 19.3. The number of alkyl halides is 2. The van der Waals surface area contributed by atoms with Crippen molar-refractivity contribution in [3.8, 4) is 11.4 Å². The van der Waals surface area contributed by atoms with Crippen LogP contribution in [0.1, 0.15) is 25.2 Å². The number of carbonyl (C=O) groups is 1. The summed E-state index contributed by atoms with van der Waals surface area (Å²) in [6, 6.07) is 8.70. The van der Waals surface area contributed by atoms with E-state index < -0.39 is 30.3 Å². The van der Waals surface area contributed by atoms with Crippen molar-refractivity contribution in [2.75, 3.05) is 0 Å². The Morgan fingerprint density at radius 3 is 2.71 bits per heavy atom. The molecule has 0 bridgehead atoms. The van der Waals surface area contributed by atoms with Crippen LogP contribution in [-0.2, 0) is 15.5 Å². The number of benzene rings is 1. The molecule has 0 amide bonds. The fourth-order valence-electron chi connectivity index (χ4n) is 2.18. The van der Waals surface area contributed by atoms with Crippen LogP contribution in [0.25, 0.3) is 11.4 Å². The SMILES string of the molecule is O=C1CCC(CC(F)(F)c2nc(-c3ccccc3)no2)O1. The molecule has 1 unspecified atom stereocenters. The quantitative estimate of drug-likeness (QED) is 0.811. The molecule has 3 rings (SSSR count). The zero-order chi connectivity index (χ0) is 14.9. The lowest BCUT2D eigenvalue weighted by Crippen LogP contribution is -2.22. The molecule has 0 radical (unpaired) electrons. The maximum atomic E-state index is 14.1. The van der Waals surface area contributed by atoms with Crippen LogP contribution in [0.3, 0.4) is 0 Å². The third-order valence-corrected chi connectivity index (χ3v) is 3.22. The van der Waals surface area contributed by atoms with Gasteiger partial charge in [-0.25, -0.2) is 0 Å². The topological polar surface area (TPSA) is 65.2 Å². The lowest BCUT2D eigenvalue weighted by atomic mass is 10.1. The smallest absolute Gasteiger partial charge is 0.328 e. The van der Waals surface area contributed by atoms with E-state index in [2.05, 4.69) is 14.7 Å². The van der Waals surface area contributed by atoms with Crippen molar-refractivity contribution < 1.29 is 22.8 Å². The van der Waals surface area contributed by atoms with Gasteiger partial charge in [-0.3, -0.25) is 4.79 Å².